The second kappa shape index (κ2) is 3.30. The molecular weight excluding hydrogens is 180 g/mol. The minimum atomic E-state index is 0.118. The number of oxazole rings is 1. The van der Waals surface area contributed by atoms with Gasteiger partial charge in [-0.15, -0.1) is 0 Å². The van der Waals surface area contributed by atoms with Crippen LogP contribution in [0.2, 0.25) is 0 Å². The molecule has 0 N–H and O–H groups in total. The van der Waals surface area contributed by atoms with E-state index in [1.165, 1.54) is 0 Å². The van der Waals surface area contributed by atoms with Gasteiger partial charge in [-0.3, -0.25) is 4.79 Å². The van der Waals surface area contributed by atoms with Gasteiger partial charge in [0.05, 0.1) is 6.07 Å². The van der Waals surface area contributed by atoms with Gasteiger partial charge in [0.25, 0.3) is 0 Å². The molecule has 0 bridgehead atoms. The van der Waals surface area contributed by atoms with Crippen molar-refractivity contribution in [1.29, 1.82) is 5.26 Å². The van der Waals surface area contributed by atoms with Crippen LogP contribution in [0.3, 0.4) is 0 Å². The fraction of sp³-hybridized carbons (Fsp3) is 0.100. The molecule has 4 heteroatoms. The van der Waals surface area contributed by atoms with Crippen molar-refractivity contribution in [3.05, 3.63) is 29.7 Å². The maximum Gasteiger partial charge on any atom is 0.209 e. The summed E-state index contributed by atoms with van der Waals surface area (Å²) in [6.45, 7) is 0. The van der Waals surface area contributed by atoms with Gasteiger partial charge in [-0.25, -0.2) is 4.98 Å². The molecule has 0 aliphatic carbocycles. The van der Waals surface area contributed by atoms with Gasteiger partial charge in [-0.05, 0) is 12.1 Å². The number of para-hydroxylation sites is 1. The zero-order chi connectivity index (χ0) is 9.97. The molecule has 0 saturated carbocycles. The predicted molar refractivity (Wildman–Crippen MR) is 48.7 cm³/mol. The highest BCUT2D eigenvalue weighted by molar-refractivity contribution is 5.93. The van der Waals surface area contributed by atoms with Crippen LogP contribution in [0.15, 0.2) is 22.6 Å². The van der Waals surface area contributed by atoms with Crippen molar-refractivity contribution >= 4 is 17.4 Å². The highest BCUT2D eigenvalue weighted by Crippen LogP contribution is 2.18. The van der Waals surface area contributed by atoms with Gasteiger partial charge < -0.3 is 4.42 Å². The van der Waals surface area contributed by atoms with Crippen molar-refractivity contribution in [2.24, 2.45) is 0 Å². The number of hydrogen-bond donors (Lipinski definition) is 0. The summed E-state index contributed by atoms with van der Waals surface area (Å²) in [4.78, 5) is 14.7. The summed E-state index contributed by atoms with van der Waals surface area (Å²) in [5, 5.41) is 8.45. The first-order chi connectivity index (χ1) is 6.85. The molecule has 0 spiro atoms. The molecule has 14 heavy (non-hydrogen) atoms. The van der Waals surface area contributed by atoms with Crippen LogP contribution in [0.1, 0.15) is 16.2 Å². The van der Waals surface area contributed by atoms with Crippen molar-refractivity contribution in [2.45, 2.75) is 6.42 Å². The fourth-order valence-corrected chi connectivity index (χ4v) is 1.25. The first-order valence-electron chi connectivity index (χ1n) is 4.05. The number of benzene rings is 1. The van der Waals surface area contributed by atoms with Crippen molar-refractivity contribution in [2.75, 3.05) is 0 Å². The summed E-state index contributed by atoms with van der Waals surface area (Å²) in [7, 11) is 0. The van der Waals surface area contributed by atoms with Crippen LogP contribution in [0.4, 0.5) is 0 Å². The quantitative estimate of drug-likeness (QED) is 0.669. The minimum absolute atomic E-state index is 0.118. The van der Waals surface area contributed by atoms with Crippen molar-refractivity contribution in [3.8, 4) is 6.07 Å². The van der Waals surface area contributed by atoms with Crippen molar-refractivity contribution < 1.29 is 9.21 Å². The Morgan fingerprint density at radius 2 is 2.43 bits per heavy atom. The number of carbonyl (C=O) groups is 1. The Bertz CT molecular complexity index is 522. The Hall–Kier alpha value is -2.15. The first kappa shape index (κ1) is 8.45. The number of hydrogen-bond acceptors (Lipinski definition) is 4. The van der Waals surface area contributed by atoms with Crippen molar-refractivity contribution in [1.82, 2.24) is 4.98 Å². The molecule has 0 amide bonds. The lowest BCUT2D eigenvalue weighted by Gasteiger charge is -1.87. The Kier molecular flexibility index (Phi) is 1.99. The van der Waals surface area contributed by atoms with Crippen molar-refractivity contribution in [3.63, 3.8) is 0 Å². The van der Waals surface area contributed by atoms with Crippen LogP contribution < -0.4 is 0 Å². The van der Waals surface area contributed by atoms with Gasteiger partial charge in [-0.1, -0.05) is 6.07 Å². The van der Waals surface area contributed by atoms with Crippen LogP contribution in [0, 0.1) is 11.3 Å². The summed E-state index contributed by atoms with van der Waals surface area (Å²) in [5.74, 6) is 0.344. The van der Waals surface area contributed by atoms with E-state index < -0.39 is 0 Å². The van der Waals surface area contributed by atoms with Crippen LogP contribution in [-0.2, 0) is 6.42 Å². The van der Waals surface area contributed by atoms with Gasteiger partial charge in [0.1, 0.15) is 11.9 Å². The van der Waals surface area contributed by atoms with E-state index in [4.69, 9.17) is 9.68 Å². The third kappa shape index (κ3) is 1.25. The van der Waals surface area contributed by atoms with E-state index >= 15 is 0 Å². The largest absolute Gasteiger partial charge is 0.440 e. The molecule has 1 heterocycles. The average Bonchev–Trinajstić information content (AvgIpc) is 2.60. The zero-order valence-electron chi connectivity index (χ0n) is 7.23. The van der Waals surface area contributed by atoms with E-state index in [1.54, 1.807) is 18.2 Å². The fourth-order valence-electron chi connectivity index (χ4n) is 1.25. The topological polar surface area (TPSA) is 66.9 Å². The second-order valence-electron chi connectivity index (χ2n) is 2.75. The Labute approximate surface area is 79.8 Å². The first-order valence-corrected chi connectivity index (χ1v) is 4.05. The highest BCUT2D eigenvalue weighted by atomic mass is 16.3. The number of fused-ring (bicyclic) bond motifs is 1. The number of rotatable bonds is 2. The molecular formula is C10H6N2O2. The second-order valence-corrected chi connectivity index (χ2v) is 2.75. The van der Waals surface area contributed by atoms with E-state index in [2.05, 4.69) is 4.98 Å². The Balaban J connectivity index is 2.65. The molecule has 0 aliphatic rings. The number of aromatic nitrogens is 1. The maximum atomic E-state index is 10.6. The number of nitriles is 1. The lowest BCUT2D eigenvalue weighted by atomic mass is 10.2. The van der Waals surface area contributed by atoms with E-state index in [9.17, 15) is 4.79 Å². The molecule has 4 nitrogen and oxygen atoms in total. The number of carbonyl (C=O) groups excluding carboxylic acids is 1. The molecule has 0 unspecified atom stereocenters. The predicted octanol–water partition coefficient (Wildman–Crippen LogP) is 1.71. The SMILES string of the molecule is N#CCc1nc2c(C=O)cccc2o1. The van der Waals surface area contributed by atoms with Gasteiger partial charge >= 0.3 is 0 Å². The monoisotopic (exact) mass is 186 g/mol. The zero-order valence-corrected chi connectivity index (χ0v) is 7.23. The van der Waals surface area contributed by atoms with E-state index in [-0.39, 0.29) is 6.42 Å². The molecule has 1 aromatic carbocycles. The molecule has 2 aromatic rings. The van der Waals surface area contributed by atoms with E-state index in [0.29, 0.717) is 22.6 Å². The number of nitrogens with zero attached hydrogens (tertiary/aromatic N) is 2. The van der Waals surface area contributed by atoms with Crippen LogP contribution in [0.25, 0.3) is 11.1 Å². The third-order valence-electron chi connectivity index (χ3n) is 1.85. The summed E-state index contributed by atoms with van der Waals surface area (Å²) >= 11 is 0. The number of aldehydes is 1. The molecule has 1 aromatic heterocycles. The Morgan fingerprint density at radius 1 is 1.57 bits per heavy atom. The highest BCUT2D eigenvalue weighted by Gasteiger charge is 2.08. The summed E-state index contributed by atoms with van der Waals surface area (Å²) in [6, 6.07) is 7.03. The van der Waals surface area contributed by atoms with Gasteiger partial charge in [0.2, 0.25) is 5.89 Å². The summed E-state index contributed by atoms with van der Waals surface area (Å²) in [5.41, 5.74) is 1.54. The average molecular weight is 186 g/mol. The molecule has 0 atom stereocenters. The molecule has 0 fully saturated rings. The Morgan fingerprint density at radius 3 is 3.14 bits per heavy atom. The van der Waals surface area contributed by atoms with E-state index in [0.717, 1.165) is 6.29 Å². The van der Waals surface area contributed by atoms with E-state index in [1.807, 2.05) is 6.07 Å². The molecule has 0 aliphatic heterocycles. The minimum Gasteiger partial charge on any atom is -0.440 e. The smallest absolute Gasteiger partial charge is 0.209 e. The molecule has 0 saturated heterocycles. The van der Waals surface area contributed by atoms with Crippen LogP contribution >= 0.6 is 0 Å². The lowest BCUT2D eigenvalue weighted by molar-refractivity contribution is 0.112. The maximum absolute atomic E-state index is 10.6. The normalized spacial score (nSPS) is 9.93. The van der Waals surface area contributed by atoms with Crippen LogP contribution in [0.5, 0.6) is 0 Å². The van der Waals surface area contributed by atoms with Gasteiger partial charge in [-0.2, -0.15) is 5.26 Å². The third-order valence-corrected chi connectivity index (χ3v) is 1.85. The molecule has 68 valence electrons. The summed E-state index contributed by atoms with van der Waals surface area (Å²) < 4.78 is 5.26. The lowest BCUT2D eigenvalue weighted by Crippen LogP contribution is -1.82. The molecule has 2 rings (SSSR count). The standard InChI is InChI=1S/C10H6N2O2/c11-5-4-9-12-10-7(6-13)2-1-3-8(10)14-9/h1-3,6H,4H2. The van der Waals surface area contributed by atoms with Gasteiger partial charge in [0, 0.05) is 5.56 Å². The van der Waals surface area contributed by atoms with Crippen LogP contribution in [-0.4, -0.2) is 11.3 Å². The molecule has 0 radical (unpaired) electrons. The summed E-state index contributed by atoms with van der Waals surface area (Å²) in [6.07, 6.45) is 0.841. The van der Waals surface area contributed by atoms with Gasteiger partial charge in [0.15, 0.2) is 11.9 Å².